The van der Waals surface area contributed by atoms with Crippen LogP contribution in [-0.4, -0.2) is 67.2 Å². The maximum atomic E-state index is 12.7. The number of hydrogen-bond donors (Lipinski definition) is 3. The Labute approximate surface area is 274 Å². The van der Waals surface area contributed by atoms with E-state index in [1.807, 2.05) is 47.6 Å². The predicted octanol–water partition coefficient (Wildman–Crippen LogP) is 7.83. The predicted molar refractivity (Wildman–Crippen MR) is 186 cm³/mol. The molecular weight excluding hydrogens is 661 g/mol. The van der Waals surface area contributed by atoms with Gasteiger partial charge in [-0.2, -0.15) is 0 Å². The molecule has 0 aromatic heterocycles. The van der Waals surface area contributed by atoms with Crippen molar-refractivity contribution in [3.63, 3.8) is 0 Å². The fourth-order valence-corrected chi connectivity index (χ4v) is 19.7. The van der Waals surface area contributed by atoms with E-state index in [9.17, 15) is 14.4 Å². The first kappa shape index (κ1) is 42.4. The van der Waals surface area contributed by atoms with Crippen molar-refractivity contribution in [2.45, 2.75) is 151 Å². The molecule has 0 aliphatic carbocycles. The van der Waals surface area contributed by atoms with Gasteiger partial charge in [-0.15, -0.1) is 0 Å². The molecule has 0 unspecified atom stereocenters. The van der Waals surface area contributed by atoms with E-state index in [0.29, 0.717) is 32.4 Å². The summed E-state index contributed by atoms with van der Waals surface area (Å²) in [6.07, 6.45) is 14.3. The third-order valence-electron chi connectivity index (χ3n) is 7.84. The summed E-state index contributed by atoms with van der Waals surface area (Å²) in [5, 5.41) is 5.73. The van der Waals surface area contributed by atoms with E-state index in [1.54, 1.807) is 6.08 Å². The van der Waals surface area contributed by atoms with Crippen molar-refractivity contribution in [3.8, 4) is 0 Å². The second-order valence-electron chi connectivity index (χ2n) is 13.7. The van der Waals surface area contributed by atoms with Crippen LogP contribution in [0.2, 0.25) is 13.3 Å². The number of rotatable bonds is 23. The molecule has 3 atom stereocenters. The molecule has 256 valence electrons. The molecule has 2 amide bonds. The average Bonchev–Trinajstić information content (AvgIpc) is 2.95. The van der Waals surface area contributed by atoms with Gasteiger partial charge in [0.25, 0.3) is 0 Å². The van der Waals surface area contributed by atoms with Crippen molar-refractivity contribution < 1.29 is 23.9 Å². The van der Waals surface area contributed by atoms with Crippen LogP contribution in [0.1, 0.15) is 120 Å². The van der Waals surface area contributed by atoms with Gasteiger partial charge in [0.05, 0.1) is 0 Å². The molecule has 0 fully saturated rings. The SMILES string of the molecule is CCC[CH2][Sn](/[CH]=C/CNC(=O)/C=C/[C@@H](C)[C@H](OC(=O)[C@H](N)CCCCNC(=O)OC(C)(C)C)C(C)C)([CH2]CCC)[CH2]CCC. The van der Waals surface area contributed by atoms with Gasteiger partial charge >= 0.3 is 202 Å². The number of hydrogen-bond acceptors (Lipinski definition) is 6. The van der Waals surface area contributed by atoms with Crippen LogP contribution in [0.3, 0.4) is 0 Å². The van der Waals surface area contributed by atoms with E-state index in [-0.39, 0.29) is 17.7 Å². The van der Waals surface area contributed by atoms with Crippen molar-refractivity contribution in [1.29, 1.82) is 0 Å². The average molecular weight is 729 g/mol. The Morgan fingerprint density at radius 3 is 1.93 bits per heavy atom. The van der Waals surface area contributed by atoms with Gasteiger partial charge in [-0.3, -0.25) is 0 Å². The molecule has 0 aliphatic rings. The summed E-state index contributed by atoms with van der Waals surface area (Å²) in [4.78, 5) is 37.1. The number of esters is 1. The number of nitrogens with one attached hydrogen (secondary N) is 2. The molecule has 0 bridgehead atoms. The quantitative estimate of drug-likeness (QED) is 0.0427. The zero-order valence-corrected chi connectivity index (χ0v) is 32.5. The van der Waals surface area contributed by atoms with Crippen LogP contribution in [0.5, 0.6) is 0 Å². The van der Waals surface area contributed by atoms with E-state index in [2.05, 4.69) is 41.6 Å². The van der Waals surface area contributed by atoms with Crippen molar-refractivity contribution in [2.75, 3.05) is 13.1 Å². The summed E-state index contributed by atoms with van der Waals surface area (Å²) in [6, 6.07) is -0.742. The van der Waals surface area contributed by atoms with Crippen LogP contribution in [0.15, 0.2) is 22.3 Å². The number of alkyl carbamates (subject to hydrolysis) is 1. The Bertz CT molecular complexity index is 847. The number of nitrogens with two attached hydrogens (primary N) is 1. The molecule has 8 nitrogen and oxygen atoms in total. The molecule has 0 aromatic rings. The minimum absolute atomic E-state index is 0.0600. The van der Waals surface area contributed by atoms with Gasteiger partial charge in [0.1, 0.15) is 5.60 Å². The first-order valence-corrected chi connectivity index (χ1v) is 25.0. The number of unbranched alkanes of at least 4 members (excludes halogenated alkanes) is 4. The summed E-state index contributed by atoms with van der Waals surface area (Å²) >= 11 is -2.35. The van der Waals surface area contributed by atoms with Gasteiger partial charge in [-0.25, -0.2) is 4.79 Å². The van der Waals surface area contributed by atoms with Crippen LogP contribution < -0.4 is 16.4 Å². The van der Waals surface area contributed by atoms with E-state index in [0.717, 1.165) is 0 Å². The van der Waals surface area contributed by atoms with Gasteiger partial charge in [-0.1, -0.05) is 0 Å². The van der Waals surface area contributed by atoms with Gasteiger partial charge < -0.3 is 15.8 Å². The number of carbonyl (C=O) groups is 3. The second kappa shape index (κ2) is 23.7. The third kappa shape index (κ3) is 20.5. The summed E-state index contributed by atoms with van der Waals surface area (Å²) in [6.45, 7) is 19.2. The fraction of sp³-hybridized carbons (Fsp3) is 0.800. The van der Waals surface area contributed by atoms with Crippen molar-refractivity contribution in [3.05, 3.63) is 22.3 Å². The molecule has 9 heteroatoms. The Morgan fingerprint density at radius 2 is 1.43 bits per heavy atom. The topological polar surface area (TPSA) is 120 Å². The molecule has 0 radical (unpaired) electrons. The van der Waals surface area contributed by atoms with Crippen LogP contribution in [0.4, 0.5) is 4.79 Å². The normalized spacial score (nSPS) is 14.5. The molecule has 0 aromatic carbocycles. The summed E-state index contributed by atoms with van der Waals surface area (Å²) in [5.74, 6) is -0.664. The Hall–Kier alpha value is -1.55. The molecule has 44 heavy (non-hydrogen) atoms. The maximum absolute atomic E-state index is 12.7. The number of amides is 2. The first-order valence-electron chi connectivity index (χ1n) is 17.3. The molecule has 0 saturated heterocycles. The van der Waals surface area contributed by atoms with E-state index in [1.165, 1.54) is 51.8 Å². The molecule has 4 N–H and O–H groups in total. The third-order valence-corrected chi connectivity index (χ3v) is 22.1. The van der Waals surface area contributed by atoms with Gasteiger partial charge in [-0.05, 0) is 40.0 Å². The first-order chi connectivity index (χ1) is 20.7. The van der Waals surface area contributed by atoms with E-state index >= 15 is 0 Å². The fourth-order valence-electron chi connectivity index (χ4n) is 5.27. The van der Waals surface area contributed by atoms with Crippen LogP contribution in [0.25, 0.3) is 0 Å². The van der Waals surface area contributed by atoms with Gasteiger partial charge in [0.15, 0.2) is 0 Å². The summed E-state index contributed by atoms with van der Waals surface area (Å²) in [5.41, 5.74) is 5.58. The minimum atomic E-state index is -2.35. The molecule has 0 spiro atoms. The van der Waals surface area contributed by atoms with Crippen LogP contribution in [0, 0.1) is 11.8 Å². The molecule has 0 saturated carbocycles. The summed E-state index contributed by atoms with van der Waals surface area (Å²) < 4.78 is 17.9. The molecule has 0 rings (SSSR count). The van der Waals surface area contributed by atoms with Gasteiger partial charge in [0.2, 0.25) is 0 Å². The van der Waals surface area contributed by atoms with Gasteiger partial charge in [0, 0.05) is 6.54 Å². The number of carbonyl (C=O) groups excluding carboxylic acids is 3. The molecule has 0 aliphatic heterocycles. The Balaban J connectivity index is 4.86. The molecule has 0 heterocycles. The van der Waals surface area contributed by atoms with E-state index < -0.39 is 48.2 Å². The Kier molecular flexibility index (Phi) is 22.9. The number of ether oxygens (including phenoxy) is 2. The standard InChI is InChI=1S/C23H40N3O5.3C4H9.Sn/c1-8-14-25-19(27)13-12-17(4)20(16(2)3)30-21(28)18(24)11-9-10-15-26-22(29)31-23(5,6)7;3*1-3-4-2;/h1,8,12-13,16-18,20H,9-11,14-15,24H2,2-7H3,(H,25,27)(H,26,29);3*1,3-4H2,2H3;/b8-1?,13-12+;;;;/t17-,18-,20-;;;;/m1..../s1. The van der Waals surface area contributed by atoms with Crippen molar-refractivity contribution >= 4 is 36.3 Å². The Morgan fingerprint density at radius 1 is 0.864 bits per heavy atom. The van der Waals surface area contributed by atoms with E-state index in [4.69, 9.17) is 15.2 Å². The van der Waals surface area contributed by atoms with Crippen molar-refractivity contribution in [2.24, 2.45) is 17.6 Å². The van der Waals surface area contributed by atoms with Crippen LogP contribution in [-0.2, 0) is 19.1 Å². The van der Waals surface area contributed by atoms with Crippen molar-refractivity contribution in [1.82, 2.24) is 10.6 Å². The zero-order chi connectivity index (χ0) is 33.6. The molecular formula is C35H67N3O5Sn. The monoisotopic (exact) mass is 729 g/mol. The second-order valence-corrected chi connectivity index (χ2v) is 26.7. The van der Waals surface area contributed by atoms with Crippen LogP contribution >= 0.6 is 0 Å². The zero-order valence-electron chi connectivity index (χ0n) is 29.6. The summed E-state index contributed by atoms with van der Waals surface area (Å²) in [7, 11) is 0.